The van der Waals surface area contributed by atoms with E-state index in [1.807, 2.05) is 4.90 Å². The van der Waals surface area contributed by atoms with Crippen molar-refractivity contribution in [1.82, 2.24) is 15.1 Å². The summed E-state index contributed by atoms with van der Waals surface area (Å²) in [5.41, 5.74) is 1.68. The van der Waals surface area contributed by atoms with Crippen LogP contribution in [0.3, 0.4) is 0 Å². The summed E-state index contributed by atoms with van der Waals surface area (Å²) in [6, 6.07) is 13.0. The lowest BCUT2D eigenvalue weighted by atomic mass is 10.1. The van der Waals surface area contributed by atoms with E-state index in [0.717, 1.165) is 25.1 Å². The van der Waals surface area contributed by atoms with Gasteiger partial charge >= 0.3 is 0 Å². The minimum Gasteiger partial charge on any atom is -0.366 e. The highest BCUT2D eigenvalue weighted by molar-refractivity contribution is 6.07. The van der Waals surface area contributed by atoms with Gasteiger partial charge in [0.15, 0.2) is 0 Å². The Kier molecular flexibility index (Phi) is 8.53. The molecule has 0 saturated carbocycles. The molecule has 2 N–H and O–H groups in total. The molecule has 0 bridgehead atoms. The van der Waals surface area contributed by atoms with Gasteiger partial charge in [-0.1, -0.05) is 0 Å². The average Bonchev–Trinajstić information content (AvgIpc) is 3.26. The zero-order valence-electron chi connectivity index (χ0n) is 22.3. The van der Waals surface area contributed by atoms with Gasteiger partial charge in [-0.3, -0.25) is 14.4 Å². The molecule has 2 aliphatic heterocycles. The molecule has 2 fully saturated rings. The molecule has 0 atom stereocenters. The second-order valence-corrected chi connectivity index (χ2v) is 10.0. The van der Waals surface area contributed by atoms with Crippen molar-refractivity contribution in [2.75, 3.05) is 62.6 Å². The van der Waals surface area contributed by atoms with Crippen molar-refractivity contribution < 1.29 is 27.6 Å². The van der Waals surface area contributed by atoms with Crippen LogP contribution < -0.4 is 15.5 Å². The molecular formula is C30H30F3N5O3. The third-order valence-corrected chi connectivity index (χ3v) is 7.24. The molecule has 2 saturated heterocycles. The number of anilines is 2. The zero-order valence-corrected chi connectivity index (χ0v) is 22.3. The minimum absolute atomic E-state index is 0.0604. The molecule has 0 radical (unpaired) electrons. The number of amides is 3. The largest absolute Gasteiger partial charge is 0.366 e. The number of rotatable bonds is 5. The normalized spacial score (nSPS) is 15.8. The van der Waals surface area contributed by atoms with Crippen molar-refractivity contribution in [2.45, 2.75) is 6.42 Å². The Labute approximate surface area is 235 Å². The van der Waals surface area contributed by atoms with Crippen molar-refractivity contribution in [1.29, 1.82) is 0 Å². The van der Waals surface area contributed by atoms with Crippen LogP contribution in [0.5, 0.6) is 0 Å². The maximum atomic E-state index is 13.7. The lowest BCUT2D eigenvalue weighted by Gasteiger charge is -2.37. The molecular weight excluding hydrogens is 535 g/mol. The maximum absolute atomic E-state index is 13.7. The Bertz CT molecular complexity index is 1410. The van der Waals surface area contributed by atoms with Gasteiger partial charge in [0.05, 0.1) is 11.4 Å². The fourth-order valence-electron chi connectivity index (χ4n) is 5.08. The fraction of sp³-hybridized carbons (Fsp3) is 0.300. The number of halogens is 3. The van der Waals surface area contributed by atoms with Crippen molar-refractivity contribution in [3.05, 3.63) is 94.8 Å². The van der Waals surface area contributed by atoms with Crippen LogP contribution in [0.4, 0.5) is 24.5 Å². The maximum Gasteiger partial charge on any atom is 0.255 e. The van der Waals surface area contributed by atoms with Crippen LogP contribution >= 0.6 is 0 Å². The molecule has 2 heterocycles. The van der Waals surface area contributed by atoms with Gasteiger partial charge in [-0.05, 0) is 67.6 Å². The molecule has 0 spiro atoms. The third-order valence-electron chi connectivity index (χ3n) is 7.24. The summed E-state index contributed by atoms with van der Waals surface area (Å²) in [6.45, 7) is 4.06. The molecule has 8 nitrogen and oxygen atoms in total. The summed E-state index contributed by atoms with van der Waals surface area (Å²) in [4.78, 5) is 44.5. The van der Waals surface area contributed by atoms with Gasteiger partial charge in [0.1, 0.15) is 17.5 Å². The Hall–Kier alpha value is -4.38. The number of hydrogen-bond donors (Lipinski definition) is 2. The number of piperazine rings is 1. The van der Waals surface area contributed by atoms with E-state index in [9.17, 15) is 27.6 Å². The highest BCUT2D eigenvalue weighted by atomic mass is 19.1. The van der Waals surface area contributed by atoms with Crippen molar-refractivity contribution in [3.8, 4) is 0 Å². The summed E-state index contributed by atoms with van der Waals surface area (Å²) in [6.07, 6.45) is 0.837. The summed E-state index contributed by atoms with van der Waals surface area (Å²) in [5, 5.41) is 6.15. The van der Waals surface area contributed by atoms with E-state index in [-0.39, 0.29) is 30.1 Å². The molecule has 3 aromatic rings. The van der Waals surface area contributed by atoms with E-state index in [0.29, 0.717) is 55.7 Å². The molecule has 0 unspecified atom stereocenters. The lowest BCUT2D eigenvalue weighted by molar-refractivity contribution is 0.0743. The van der Waals surface area contributed by atoms with E-state index in [4.69, 9.17) is 0 Å². The molecule has 0 aromatic heterocycles. The highest BCUT2D eigenvalue weighted by Gasteiger charge is 2.26. The smallest absolute Gasteiger partial charge is 0.255 e. The average molecular weight is 566 g/mol. The number of carbonyl (C=O) groups excluding carboxylic acids is 3. The van der Waals surface area contributed by atoms with Crippen LogP contribution in [0.25, 0.3) is 0 Å². The van der Waals surface area contributed by atoms with Crippen LogP contribution in [0.15, 0.2) is 60.7 Å². The van der Waals surface area contributed by atoms with Gasteiger partial charge in [0.2, 0.25) is 0 Å². The van der Waals surface area contributed by atoms with Crippen LogP contribution in [-0.4, -0.2) is 79.9 Å². The van der Waals surface area contributed by atoms with Gasteiger partial charge in [-0.2, -0.15) is 0 Å². The quantitative estimate of drug-likeness (QED) is 0.493. The molecule has 5 rings (SSSR count). The molecule has 41 heavy (non-hydrogen) atoms. The monoisotopic (exact) mass is 565 g/mol. The number of nitrogens with one attached hydrogen (secondary N) is 2. The van der Waals surface area contributed by atoms with Crippen LogP contribution in [0.1, 0.15) is 37.5 Å². The first-order valence-electron chi connectivity index (χ1n) is 13.5. The Morgan fingerprint density at radius 1 is 0.634 bits per heavy atom. The van der Waals surface area contributed by atoms with Gasteiger partial charge in [0.25, 0.3) is 17.7 Å². The van der Waals surface area contributed by atoms with Gasteiger partial charge in [0, 0.05) is 68.6 Å². The summed E-state index contributed by atoms with van der Waals surface area (Å²) < 4.78 is 40.7. The second-order valence-electron chi connectivity index (χ2n) is 10.0. The van der Waals surface area contributed by atoms with Crippen molar-refractivity contribution in [2.24, 2.45) is 0 Å². The lowest BCUT2D eigenvalue weighted by Crippen LogP contribution is -2.49. The number of carbonyl (C=O) groups is 3. The van der Waals surface area contributed by atoms with Gasteiger partial charge in [-0.15, -0.1) is 0 Å². The Balaban J connectivity index is 1.37. The Morgan fingerprint density at radius 3 is 1.98 bits per heavy atom. The number of benzene rings is 3. The number of hydrogen-bond acceptors (Lipinski definition) is 5. The second kappa shape index (κ2) is 12.4. The standard InChI is InChI=1S/C30H30F3N5O3/c31-23-5-2-20(3-6-23)28(39)35-26-18-21(29(40)37-10-1-8-34-9-11-37)4-7-27(26)36-12-14-38(15-13-36)30(41)22-16-24(32)19-25(33)17-22/h2-7,16-19,34H,1,8-15H2,(H,35,39). The molecule has 3 aromatic carbocycles. The first kappa shape index (κ1) is 28.2. The van der Waals surface area contributed by atoms with Crippen molar-refractivity contribution >= 4 is 29.1 Å². The van der Waals surface area contributed by atoms with E-state index in [1.165, 1.54) is 29.2 Å². The molecule has 3 amide bonds. The summed E-state index contributed by atoms with van der Waals surface area (Å²) in [7, 11) is 0. The minimum atomic E-state index is -0.820. The van der Waals surface area contributed by atoms with Crippen LogP contribution in [0.2, 0.25) is 0 Å². The highest BCUT2D eigenvalue weighted by Crippen LogP contribution is 2.30. The fourth-order valence-corrected chi connectivity index (χ4v) is 5.08. The topological polar surface area (TPSA) is 85.0 Å². The SMILES string of the molecule is O=C(Nc1cc(C(=O)N2CCCNCC2)ccc1N1CCN(C(=O)c2cc(F)cc(F)c2)CC1)c1ccc(F)cc1. The molecule has 2 aliphatic rings. The van der Waals surface area contributed by atoms with Crippen molar-refractivity contribution in [3.63, 3.8) is 0 Å². The number of nitrogens with zero attached hydrogens (tertiary/aromatic N) is 3. The first-order valence-corrected chi connectivity index (χ1v) is 13.5. The van der Waals surface area contributed by atoms with E-state index in [2.05, 4.69) is 10.6 Å². The van der Waals surface area contributed by atoms with Gasteiger partial charge < -0.3 is 25.3 Å². The van der Waals surface area contributed by atoms with E-state index < -0.39 is 29.3 Å². The predicted octanol–water partition coefficient (Wildman–Crippen LogP) is 3.75. The molecule has 0 aliphatic carbocycles. The van der Waals surface area contributed by atoms with Crippen LogP contribution in [0, 0.1) is 17.5 Å². The van der Waals surface area contributed by atoms with Crippen LogP contribution in [-0.2, 0) is 0 Å². The van der Waals surface area contributed by atoms with E-state index >= 15 is 0 Å². The summed E-state index contributed by atoms with van der Waals surface area (Å²) >= 11 is 0. The first-order chi connectivity index (χ1) is 19.8. The third kappa shape index (κ3) is 6.68. The Morgan fingerprint density at radius 2 is 1.27 bits per heavy atom. The molecule has 214 valence electrons. The van der Waals surface area contributed by atoms with E-state index in [1.54, 1.807) is 23.1 Å². The predicted molar refractivity (Wildman–Crippen MR) is 149 cm³/mol. The zero-order chi connectivity index (χ0) is 28.9. The summed E-state index contributed by atoms with van der Waals surface area (Å²) in [5.74, 6) is -3.18. The molecule has 11 heteroatoms. The van der Waals surface area contributed by atoms with Gasteiger partial charge in [-0.25, -0.2) is 13.2 Å².